The second-order valence-corrected chi connectivity index (χ2v) is 6.03. The van der Waals surface area contributed by atoms with Gasteiger partial charge >= 0.3 is 6.18 Å². The molecule has 0 amide bonds. The number of nitro benzene ring substituents is 1. The molecule has 3 unspecified atom stereocenters. The average molecular weight is 330 g/mol. The summed E-state index contributed by atoms with van der Waals surface area (Å²) in [5.41, 5.74) is -1.41. The molecule has 1 heterocycles. The first-order chi connectivity index (χ1) is 10.9. The molecule has 1 aromatic carbocycles. The summed E-state index contributed by atoms with van der Waals surface area (Å²) in [5, 5.41) is 14.2. The van der Waals surface area contributed by atoms with Gasteiger partial charge in [0.25, 0.3) is 5.69 Å². The molecule has 5 nitrogen and oxygen atoms in total. The maximum atomic E-state index is 12.7. The lowest BCUT2D eigenvalue weighted by Gasteiger charge is -2.33. The Morgan fingerprint density at radius 2 is 2.04 bits per heavy atom. The number of nitrogens with one attached hydrogen (secondary N) is 1. The second kappa shape index (κ2) is 5.99. The molecular formula is C15H17F3N2O3. The van der Waals surface area contributed by atoms with Gasteiger partial charge in [0.1, 0.15) is 5.69 Å². The van der Waals surface area contributed by atoms with E-state index in [0.29, 0.717) is 12.7 Å². The lowest BCUT2D eigenvalue weighted by molar-refractivity contribution is -0.384. The van der Waals surface area contributed by atoms with Gasteiger partial charge in [-0.1, -0.05) is 0 Å². The fourth-order valence-corrected chi connectivity index (χ4v) is 3.54. The molecule has 1 aliphatic carbocycles. The van der Waals surface area contributed by atoms with Crippen LogP contribution in [-0.4, -0.2) is 23.7 Å². The van der Waals surface area contributed by atoms with Crippen molar-refractivity contribution in [1.29, 1.82) is 0 Å². The smallest absolute Gasteiger partial charge is 0.378 e. The molecule has 1 aliphatic heterocycles. The van der Waals surface area contributed by atoms with Crippen LogP contribution in [0, 0.1) is 16.0 Å². The Bertz CT molecular complexity index is 606. The third kappa shape index (κ3) is 3.26. The minimum absolute atomic E-state index is 0.00770. The number of anilines is 1. The zero-order valence-electron chi connectivity index (χ0n) is 12.3. The first kappa shape index (κ1) is 16.0. The number of halogens is 3. The Morgan fingerprint density at radius 3 is 2.74 bits per heavy atom. The Hall–Kier alpha value is -1.83. The standard InChI is InChI=1S/C15H17F3N2O3/c16-15(17,18)9-4-5-12(13(8-9)20(21)22)19-11-2-1-3-14-10(11)6-7-23-14/h4-5,8,10-11,14,19H,1-3,6-7H2. The number of hydrogen-bond acceptors (Lipinski definition) is 4. The molecule has 23 heavy (non-hydrogen) atoms. The number of rotatable bonds is 3. The molecule has 3 rings (SSSR count). The summed E-state index contributed by atoms with van der Waals surface area (Å²) in [5.74, 6) is 0.255. The normalized spacial score (nSPS) is 27.5. The molecule has 1 saturated carbocycles. The average Bonchev–Trinajstić information content (AvgIpc) is 2.95. The summed E-state index contributed by atoms with van der Waals surface area (Å²) in [6.45, 7) is 0.669. The molecule has 2 fully saturated rings. The highest BCUT2D eigenvalue weighted by Gasteiger charge is 2.39. The van der Waals surface area contributed by atoms with E-state index in [2.05, 4.69) is 5.32 Å². The molecule has 0 spiro atoms. The first-order valence-electron chi connectivity index (χ1n) is 7.60. The highest BCUT2D eigenvalue weighted by Crippen LogP contribution is 2.39. The van der Waals surface area contributed by atoms with Crippen LogP contribution in [0.5, 0.6) is 0 Å². The lowest BCUT2D eigenvalue weighted by atomic mass is 9.81. The molecule has 3 atom stereocenters. The van der Waals surface area contributed by atoms with Gasteiger partial charge in [0.2, 0.25) is 0 Å². The van der Waals surface area contributed by atoms with Crippen molar-refractivity contribution in [3.05, 3.63) is 33.9 Å². The largest absolute Gasteiger partial charge is 0.416 e. The van der Waals surface area contributed by atoms with Gasteiger partial charge in [-0.2, -0.15) is 13.2 Å². The molecule has 1 N–H and O–H groups in total. The third-order valence-electron chi connectivity index (χ3n) is 4.64. The highest BCUT2D eigenvalue weighted by molar-refractivity contribution is 5.63. The van der Waals surface area contributed by atoms with Gasteiger partial charge in [-0.15, -0.1) is 0 Å². The van der Waals surface area contributed by atoms with Crippen LogP contribution in [0.1, 0.15) is 31.2 Å². The van der Waals surface area contributed by atoms with Crippen LogP contribution in [0.25, 0.3) is 0 Å². The van der Waals surface area contributed by atoms with E-state index in [1.54, 1.807) is 0 Å². The van der Waals surface area contributed by atoms with Crippen molar-refractivity contribution in [2.45, 2.75) is 44.0 Å². The van der Waals surface area contributed by atoms with Crippen molar-refractivity contribution in [3.63, 3.8) is 0 Å². The fraction of sp³-hybridized carbons (Fsp3) is 0.600. The molecule has 0 aromatic heterocycles. The van der Waals surface area contributed by atoms with E-state index in [1.165, 1.54) is 0 Å². The Kier molecular flexibility index (Phi) is 4.18. The maximum absolute atomic E-state index is 12.7. The van der Waals surface area contributed by atoms with Gasteiger partial charge in [-0.25, -0.2) is 0 Å². The quantitative estimate of drug-likeness (QED) is 0.672. The van der Waals surface area contributed by atoms with Gasteiger partial charge in [0.15, 0.2) is 0 Å². The molecule has 2 aliphatic rings. The van der Waals surface area contributed by atoms with Crippen molar-refractivity contribution in [2.75, 3.05) is 11.9 Å². The van der Waals surface area contributed by atoms with Gasteiger partial charge in [-0.05, 0) is 37.8 Å². The van der Waals surface area contributed by atoms with Crippen LogP contribution < -0.4 is 5.32 Å². The summed E-state index contributed by atoms with van der Waals surface area (Å²) in [7, 11) is 0. The third-order valence-corrected chi connectivity index (χ3v) is 4.64. The number of fused-ring (bicyclic) bond motifs is 1. The zero-order valence-corrected chi connectivity index (χ0v) is 12.3. The number of nitro groups is 1. The first-order valence-corrected chi connectivity index (χ1v) is 7.60. The number of alkyl halides is 3. The summed E-state index contributed by atoms with van der Waals surface area (Å²) >= 11 is 0. The van der Waals surface area contributed by atoms with E-state index < -0.39 is 22.4 Å². The van der Waals surface area contributed by atoms with E-state index in [1.807, 2.05) is 0 Å². The van der Waals surface area contributed by atoms with Gasteiger partial charge < -0.3 is 10.1 Å². The predicted molar refractivity (Wildman–Crippen MR) is 77.2 cm³/mol. The van der Waals surface area contributed by atoms with Crippen molar-refractivity contribution in [2.24, 2.45) is 5.92 Å². The zero-order chi connectivity index (χ0) is 16.6. The summed E-state index contributed by atoms with van der Waals surface area (Å²) in [4.78, 5) is 10.4. The van der Waals surface area contributed by atoms with Gasteiger partial charge in [0, 0.05) is 24.6 Å². The summed E-state index contributed by atoms with van der Waals surface area (Å²) < 4.78 is 43.9. The molecule has 0 radical (unpaired) electrons. The van der Waals surface area contributed by atoms with Crippen LogP contribution in [0.4, 0.5) is 24.5 Å². The molecule has 1 aromatic rings. The summed E-state index contributed by atoms with van der Waals surface area (Å²) in [6, 6.07) is 2.61. The van der Waals surface area contributed by atoms with E-state index >= 15 is 0 Å². The Morgan fingerprint density at radius 1 is 1.26 bits per heavy atom. The van der Waals surface area contributed by atoms with Gasteiger partial charge in [-0.3, -0.25) is 10.1 Å². The fourth-order valence-electron chi connectivity index (χ4n) is 3.54. The second-order valence-electron chi connectivity index (χ2n) is 6.03. The van der Waals surface area contributed by atoms with E-state index in [9.17, 15) is 23.3 Å². The van der Waals surface area contributed by atoms with E-state index in [0.717, 1.165) is 37.8 Å². The Balaban J connectivity index is 1.86. The molecular weight excluding hydrogens is 313 g/mol. The summed E-state index contributed by atoms with van der Waals surface area (Å²) in [6.07, 6.45) is -0.835. The molecule has 1 saturated heterocycles. The maximum Gasteiger partial charge on any atom is 0.416 e. The monoisotopic (exact) mass is 330 g/mol. The highest BCUT2D eigenvalue weighted by atomic mass is 19.4. The number of nitrogens with zero attached hydrogens (tertiary/aromatic N) is 1. The number of benzene rings is 1. The van der Waals surface area contributed by atoms with E-state index in [-0.39, 0.29) is 23.8 Å². The van der Waals surface area contributed by atoms with Crippen LogP contribution in [0.3, 0.4) is 0 Å². The Labute approximate surface area is 131 Å². The van der Waals surface area contributed by atoms with Crippen LogP contribution in [-0.2, 0) is 10.9 Å². The molecule has 8 heteroatoms. The minimum Gasteiger partial charge on any atom is -0.378 e. The van der Waals surface area contributed by atoms with Crippen LogP contribution in [0.15, 0.2) is 18.2 Å². The van der Waals surface area contributed by atoms with Crippen LogP contribution >= 0.6 is 0 Å². The topological polar surface area (TPSA) is 64.4 Å². The lowest BCUT2D eigenvalue weighted by Crippen LogP contribution is -2.38. The molecule has 0 bridgehead atoms. The van der Waals surface area contributed by atoms with Crippen LogP contribution in [0.2, 0.25) is 0 Å². The van der Waals surface area contributed by atoms with Gasteiger partial charge in [0.05, 0.1) is 16.6 Å². The predicted octanol–water partition coefficient (Wildman–Crippen LogP) is 3.98. The van der Waals surface area contributed by atoms with Crippen molar-refractivity contribution < 1.29 is 22.8 Å². The van der Waals surface area contributed by atoms with Crippen molar-refractivity contribution in [1.82, 2.24) is 0 Å². The van der Waals surface area contributed by atoms with Crippen molar-refractivity contribution in [3.8, 4) is 0 Å². The van der Waals surface area contributed by atoms with Crippen molar-refractivity contribution >= 4 is 11.4 Å². The number of ether oxygens (including phenoxy) is 1. The van der Waals surface area contributed by atoms with E-state index in [4.69, 9.17) is 4.74 Å². The molecule has 126 valence electrons. The number of hydrogen-bond donors (Lipinski definition) is 1. The SMILES string of the molecule is O=[N+]([O-])c1cc(C(F)(F)F)ccc1NC1CCCC2OCCC12. The minimum atomic E-state index is -4.60.